The molecule has 1 aromatic carbocycles. The van der Waals surface area contributed by atoms with Crippen molar-refractivity contribution < 1.29 is 0 Å². The SMILES string of the molecule is CC1SCCN(Cc2cnc(N)s2)C1c1ccccc1. The van der Waals surface area contributed by atoms with Crippen molar-refractivity contribution >= 4 is 28.2 Å². The number of thiazole rings is 1. The van der Waals surface area contributed by atoms with E-state index in [1.54, 1.807) is 11.3 Å². The molecule has 0 spiro atoms. The van der Waals surface area contributed by atoms with Crippen molar-refractivity contribution in [3.05, 3.63) is 47.0 Å². The van der Waals surface area contributed by atoms with Crippen LogP contribution in [0, 0.1) is 0 Å². The van der Waals surface area contributed by atoms with E-state index in [0.717, 1.165) is 13.1 Å². The lowest BCUT2D eigenvalue weighted by molar-refractivity contribution is 0.193. The highest BCUT2D eigenvalue weighted by Gasteiger charge is 2.30. The largest absolute Gasteiger partial charge is 0.375 e. The Bertz CT molecular complexity index is 555. The fraction of sp³-hybridized carbons (Fsp3) is 0.400. The zero-order valence-corrected chi connectivity index (χ0v) is 13.2. The molecule has 2 aromatic rings. The lowest BCUT2D eigenvalue weighted by Gasteiger charge is -2.39. The third-order valence-corrected chi connectivity index (χ3v) is 5.68. The Balaban J connectivity index is 1.83. The lowest BCUT2D eigenvalue weighted by Crippen LogP contribution is -2.39. The van der Waals surface area contributed by atoms with E-state index in [1.807, 2.05) is 6.20 Å². The highest BCUT2D eigenvalue weighted by molar-refractivity contribution is 8.00. The van der Waals surface area contributed by atoms with E-state index in [2.05, 4.69) is 58.9 Å². The molecular weight excluding hydrogens is 286 g/mol. The molecule has 0 bridgehead atoms. The molecule has 1 saturated heterocycles. The minimum absolute atomic E-state index is 0.471. The van der Waals surface area contributed by atoms with Crippen molar-refractivity contribution in [1.82, 2.24) is 9.88 Å². The van der Waals surface area contributed by atoms with Crippen molar-refractivity contribution in [2.24, 2.45) is 0 Å². The number of rotatable bonds is 3. The first-order chi connectivity index (χ1) is 9.74. The first-order valence-corrected chi connectivity index (χ1v) is 8.71. The second kappa shape index (κ2) is 6.16. The maximum absolute atomic E-state index is 5.74. The van der Waals surface area contributed by atoms with Gasteiger partial charge in [-0.05, 0) is 5.56 Å². The molecule has 3 nitrogen and oxygen atoms in total. The Hall–Kier alpha value is -1.04. The van der Waals surface area contributed by atoms with Crippen molar-refractivity contribution in [3.8, 4) is 0 Å². The van der Waals surface area contributed by atoms with Crippen LogP contribution in [0.2, 0.25) is 0 Å². The Morgan fingerprint density at radius 1 is 1.35 bits per heavy atom. The van der Waals surface area contributed by atoms with E-state index in [1.165, 1.54) is 16.2 Å². The lowest BCUT2D eigenvalue weighted by atomic mass is 10.0. The Morgan fingerprint density at radius 2 is 2.15 bits per heavy atom. The van der Waals surface area contributed by atoms with E-state index in [0.29, 0.717) is 16.4 Å². The van der Waals surface area contributed by atoms with Gasteiger partial charge in [-0.25, -0.2) is 4.98 Å². The standard InChI is InChI=1S/C15H19N3S2/c1-11-14(12-5-3-2-4-6-12)18(7-8-19-11)10-13-9-17-15(16)20-13/h2-6,9,11,14H,7-8,10H2,1H3,(H2,16,17). The molecule has 0 radical (unpaired) electrons. The van der Waals surface area contributed by atoms with Crippen LogP contribution in [0.4, 0.5) is 5.13 Å². The number of anilines is 1. The second-order valence-electron chi connectivity index (χ2n) is 5.07. The fourth-order valence-corrected chi connectivity index (χ4v) is 4.72. The second-order valence-corrected chi connectivity index (χ2v) is 7.70. The van der Waals surface area contributed by atoms with Gasteiger partial charge in [0.15, 0.2) is 5.13 Å². The van der Waals surface area contributed by atoms with Gasteiger partial charge in [0, 0.05) is 41.2 Å². The van der Waals surface area contributed by atoms with Crippen LogP contribution in [0.15, 0.2) is 36.5 Å². The number of thioether (sulfide) groups is 1. The molecule has 0 aliphatic carbocycles. The van der Waals surface area contributed by atoms with E-state index >= 15 is 0 Å². The number of nitrogens with zero attached hydrogens (tertiary/aromatic N) is 2. The minimum atomic E-state index is 0.471. The molecule has 0 amide bonds. The van der Waals surface area contributed by atoms with Crippen LogP contribution in [0.3, 0.4) is 0 Å². The highest BCUT2D eigenvalue weighted by atomic mass is 32.2. The molecule has 2 heterocycles. The number of hydrogen-bond donors (Lipinski definition) is 1. The Labute approximate surface area is 128 Å². The normalized spacial score (nSPS) is 23.9. The maximum Gasteiger partial charge on any atom is 0.180 e. The topological polar surface area (TPSA) is 42.2 Å². The summed E-state index contributed by atoms with van der Waals surface area (Å²) in [6.45, 7) is 4.39. The van der Waals surface area contributed by atoms with Gasteiger partial charge in [0.05, 0.1) is 0 Å². The third kappa shape index (κ3) is 3.00. The van der Waals surface area contributed by atoms with Crippen LogP contribution in [0.25, 0.3) is 0 Å². The van der Waals surface area contributed by atoms with Crippen LogP contribution in [0.1, 0.15) is 23.4 Å². The molecule has 1 fully saturated rings. The Kier molecular flexibility index (Phi) is 4.29. The molecule has 106 valence electrons. The molecular formula is C15H19N3S2. The zero-order chi connectivity index (χ0) is 13.9. The molecule has 0 saturated carbocycles. The Morgan fingerprint density at radius 3 is 2.85 bits per heavy atom. The number of nitrogen functional groups attached to an aromatic ring is 1. The van der Waals surface area contributed by atoms with Crippen LogP contribution in [-0.4, -0.2) is 27.4 Å². The molecule has 1 aromatic heterocycles. The van der Waals surface area contributed by atoms with Gasteiger partial charge >= 0.3 is 0 Å². The molecule has 2 atom stereocenters. The van der Waals surface area contributed by atoms with Crippen LogP contribution >= 0.6 is 23.1 Å². The number of aromatic nitrogens is 1. The number of hydrogen-bond acceptors (Lipinski definition) is 5. The number of benzene rings is 1. The summed E-state index contributed by atoms with van der Waals surface area (Å²) in [5.41, 5.74) is 7.15. The van der Waals surface area contributed by atoms with Gasteiger partial charge in [-0.2, -0.15) is 11.8 Å². The van der Waals surface area contributed by atoms with E-state index in [-0.39, 0.29) is 0 Å². The first kappa shape index (κ1) is 13.9. The highest BCUT2D eigenvalue weighted by Crippen LogP contribution is 2.37. The van der Waals surface area contributed by atoms with Gasteiger partial charge in [0.25, 0.3) is 0 Å². The van der Waals surface area contributed by atoms with Gasteiger partial charge in [0.2, 0.25) is 0 Å². The summed E-state index contributed by atoms with van der Waals surface area (Å²) in [7, 11) is 0. The average Bonchev–Trinajstić information content (AvgIpc) is 2.85. The summed E-state index contributed by atoms with van der Waals surface area (Å²) in [6, 6.07) is 11.3. The van der Waals surface area contributed by atoms with Crippen LogP contribution in [-0.2, 0) is 6.54 Å². The number of nitrogens with two attached hydrogens (primary N) is 1. The molecule has 20 heavy (non-hydrogen) atoms. The summed E-state index contributed by atoms with van der Waals surface area (Å²) in [5, 5.41) is 1.27. The molecule has 3 rings (SSSR count). The zero-order valence-electron chi connectivity index (χ0n) is 11.5. The molecule has 2 unspecified atom stereocenters. The minimum Gasteiger partial charge on any atom is -0.375 e. The van der Waals surface area contributed by atoms with E-state index in [9.17, 15) is 0 Å². The predicted molar refractivity (Wildman–Crippen MR) is 88.0 cm³/mol. The summed E-state index contributed by atoms with van der Waals surface area (Å²) < 4.78 is 0. The third-order valence-electron chi connectivity index (χ3n) is 3.67. The smallest absolute Gasteiger partial charge is 0.180 e. The van der Waals surface area contributed by atoms with Crippen LogP contribution in [0.5, 0.6) is 0 Å². The van der Waals surface area contributed by atoms with Crippen molar-refractivity contribution in [3.63, 3.8) is 0 Å². The van der Waals surface area contributed by atoms with Gasteiger partial charge in [-0.1, -0.05) is 37.3 Å². The monoisotopic (exact) mass is 305 g/mol. The summed E-state index contributed by atoms with van der Waals surface area (Å²) in [4.78, 5) is 7.97. The van der Waals surface area contributed by atoms with Gasteiger partial charge in [-0.15, -0.1) is 11.3 Å². The molecule has 5 heteroatoms. The van der Waals surface area contributed by atoms with E-state index < -0.39 is 0 Å². The summed E-state index contributed by atoms with van der Waals surface area (Å²) in [5.74, 6) is 1.19. The van der Waals surface area contributed by atoms with E-state index in [4.69, 9.17) is 5.73 Å². The quantitative estimate of drug-likeness (QED) is 0.943. The van der Waals surface area contributed by atoms with Gasteiger partial charge in [-0.3, -0.25) is 4.90 Å². The summed E-state index contributed by atoms with van der Waals surface area (Å²) >= 11 is 3.66. The predicted octanol–water partition coefficient (Wildman–Crippen LogP) is 3.40. The average molecular weight is 305 g/mol. The van der Waals surface area contributed by atoms with Crippen molar-refractivity contribution in [2.45, 2.75) is 24.8 Å². The van der Waals surface area contributed by atoms with Gasteiger partial charge < -0.3 is 5.73 Å². The van der Waals surface area contributed by atoms with Crippen molar-refractivity contribution in [2.75, 3.05) is 18.0 Å². The maximum atomic E-state index is 5.74. The van der Waals surface area contributed by atoms with Gasteiger partial charge in [0.1, 0.15) is 0 Å². The molecule has 1 aliphatic rings. The fourth-order valence-electron chi connectivity index (χ4n) is 2.79. The summed E-state index contributed by atoms with van der Waals surface area (Å²) in [6.07, 6.45) is 1.91. The molecule has 1 aliphatic heterocycles. The van der Waals surface area contributed by atoms with Crippen molar-refractivity contribution in [1.29, 1.82) is 0 Å². The first-order valence-electron chi connectivity index (χ1n) is 6.85. The molecule has 2 N–H and O–H groups in total. The van der Waals surface area contributed by atoms with Crippen LogP contribution < -0.4 is 5.73 Å².